The average molecular weight is 478 g/mol. The number of benzene rings is 2. The number of carbonyl (C=O) groups excluding carboxylic acids is 1. The normalized spacial score (nSPS) is 15.1. The van der Waals surface area contributed by atoms with Gasteiger partial charge in [-0.25, -0.2) is 4.39 Å². The average Bonchev–Trinajstić information content (AvgIpc) is 3.41. The standard InChI is InChI=1S/C25H20FN3O4S/c1-3-5-19-27-28-25(34-19)29-21(14-6-9-16(10-7-14)32-12-4-2)20-22(30)17-13-15(26)8-11-18(17)33-23(20)24(29)31/h4,6-11,13,21H,2-3,5,12H2,1H3. The summed E-state index contributed by atoms with van der Waals surface area (Å²) in [5.74, 6) is -0.508. The first-order chi connectivity index (χ1) is 16.5. The minimum absolute atomic E-state index is 0.0756. The molecule has 1 unspecified atom stereocenters. The van der Waals surface area contributed by atoms with E-state index in [2.05, 4.69) is 16.8 Å². The van der Waals surface area contributed by atoms with Gasteiger partial charge >= 0.3 is 0 Å². The maximum atomic E-state index is 13.9. The zero-order chi connectivity index (χ0) is 23.8. The summed E-state index contributed by atoms with van der Waals surface area (Å²) in [4.78, 5) is 28.5. The molecule has 7 nitrogen and oxygen atoms in total. The predicted molar refractivity (Wildman–Crippen MR) is 127 cm³/mol. The number of carbonyl (C=O) groups is 1. The van der Waals surface area contributed by atoms with Crippen molar-refractivity contribution >= 4 is 33.3 Å². The van der Waals surface area contributed by atoms with Gasteiger partial charge in [-0.3, -0.25) is 14.5 Å². The molecule has 9 heteroatoms. The molecule has 0 radical (unpaired) electrons. The number of aryl methyl sites for hydroxylation is 1. The fourth-order valence-electron chi connectivity index (χ4n) is 4.02. The molecule has 0 saturated carbocycles. The van der Waals surface area contributed by atoms with Gasteiger partial charge in [0.15, 0.2) is 5.43 Å². The van der Waals surface area contributed by atoms with Gasteiger partial charge in [0.1, 0.15) is 28.8 Å². The number of ether oxygens (including phenoxy) is 1. The molecule has 1 amide bonds. The molecule has 2 aromatic carbocycles. The van der Waals surface area contributed by atoms with Crippen molar-refractivity contribution in [3.05, 3.63) is 93.1 Å². The van der Waals surface area contributed by atoms with E-state index < -0.39 is 23.2 Å². The molecule has 0 spiro atoms. The Hall–Kier alpha value is -3.85. The maximum Gasteiger partial charge on any atom is 0.297 e. The Morgan fingerprint density at radius 1 is 1.21 bits per heavy atom. The van der Waals surface area contributed by atoms with Gasteiger partial charge in [0, 0.05) is 6.42 Å². The highest BCUT2D eigenvalue weighted by Gasteiger charge is 2.45. The van der Waals surface area contributed by atoms with E-state index in [1.807, 2.05) is 6.92 Å². The van der Waals surface area contributed by atoms with Gasteiger partial charge in [-0.1, -0.05) is 43.0 Å². The van der Waals surface area contributed by atoms with Crippen molar-refractivity contribution in [3.63, 3.8) is 0 Å². The smallest absolute Gasteiger partial charge is 0.297 e. The number of anilines is 1. The van der Waals surface area contributed by atoms with E-state index in [-0.39, 0.29) is 22.3 Å². The molecule has 0 N–H and O–H groups in total. The fraction of sp³-hybridized carbons (Fsp3) is 0.200. The van der Waals surface area contributed by atoms with Gasteiger partial charge in [-0.2, -0.15) is 0 Å². The highest BCUT2D eigenvalue weighted by molar-refractivity contribution is 7.15. The van der Waals surface area contributed by atoms with E-state index in [4.69, 9.17) is 9.15 Å². The van der Waals surface area contributed by atoms with Crippen LogP contribution in [0.1, 0.15) is 46.1 Å². The first kappa shape index (κ1) is 22.0. The second kappa shape index (κ2) is 8.83. The highest BCUT2D eigenvalue weighted by atomic mass is 32.1. The van der Waals surface area contributed by atoms with Crippen molar-refractivity contribution in [2.45, 2.75) is 25.8 Å². The van der Waals surface area contributed by atoms with Crippen LogP contribution >= 0.6 is 11.3 Å². The maximum absolute atomic E-state index is 13.9. The van der Waals surface area contributed by atoms with Crippen molar-refractivity contribution in [1.82, 2.24) is 10.2 Å². The van der Waals surface area contributed by atoms with Gasteiger partial charge < -0.3 is 9.15 Å². The number of halogens is 1. The van der Waals surface area contributed by atoms with Crippen molar-refractivity contribution in [2.75, 3.05) is 11.5 Å². The largest absolute Gasteiger partial charge is 0.490 e. The Labute approximate surface area is 198 Å². The second-order valence-corrected chi connectivity index (χ2v) is 8.83. The van der Waals surface area contributed by atoms with Crippen LogP contribution in [0.25, 0.3) is 11.0 Å². The summed E-state index contributed by atoms with van der Waals surface area (Å²) in [5.41, 5.74) is 0.501. The summed E-state index contributed by atoms with van der Waals surface area (Å²) in [5, 5.41) is 9.67. The lowest BCUT2D eigenvalue weighted by Gasteiger charge is -2.22. The summed E-state index contributed by atoms with van der Waals surface area (Å²) in [7, 11) is 0. The molecule has 0 aliphatic carbocycles. The monoisotopic (exact) mass is 477 g/mol. The van der Waals surface area contributed by atoms with Gasteiger partial charge in [0.05, 0.1) is 17.0 Å². The number of hydrogen-bond acceptors (Lipinski definition) is 7. The first-order valence-electron chi connectivity index (χ1n) is 10.8. The van der Waals surface area contributed by atoms with Gasteiger partial charge in [-0.15, -0.1) is 10.2 Å². The molecule has 1 aliphatic heterocycles. The number of amides is 1. The lowest BCUT2D eigenvalue weighted by atomic mass is 9.98. The van der Waals surface area contributed by atoms with Crippen molar-refractivity contribution in [3.8, 4) is 5.75 Å². The van der Waals surface area contributed by atoms with Gasteiger partial charge in [0.2, 0.25) is 10.9 Å². The third kappa shape index (κ3) is 3.67. The van der Waals surface area contributed by atoms with Crippen LogP contribution in [0.4, 0.5) is 9.52 Å². The molecule has 2 aromatic heterocycles. The van der Waals surface area contributed by atoms with Crippen molar-refractivity contribution in [2.24, 2.45) is 0 Å². The summed E-state index contributed by atoms with van der Waals surface area (Å²) in [6, 6.07) is 9.94. The van der Waals surface area contributed by atoms with E-state index in [9.17, 15) is 14.0 Å². The van der Waals surface area contributed by atoms with Crippen LogP contribution in [0, 0.1) is 5.82 Å². The lowest BCUT2D eigenvalue weighted by Crippen LogP contribution is -2.29. The minimum atomic E-state index is -0.803. The topological polar surface area (TPSA) is 85.5 Å². The molecule has 0 bridgehead atoms. The number of aromatic nitrogens is 2. The Morgan fingerprint density at radius 2 is 2.00 bits per heavy atom. The molecule has 172 valence electrons. The lowest BCUT2D eigenvalue weighted by molar-refractivity contribution is 0.0970. The van der Waals surface area contributed by atoms with Crippen LogP contribution < -0.4 is 15.1 Å². The van der Waals surface area contributed by atoms with Crippen molar-refractivity contribution < 1.29 is 18.3 Å². The van der Waals surface area contributed by atoms with Crippen LogP contribution in [0.5, 0.6) is 5.75 Å². The molecule has 1 atom stereocenters. The Bertz CT molecular complexity index is 1460. The predicted octanol–water partition coefficient (Wildman–Crippen LogP) is 5.05. The number of nitrogens with zero attached hydrogens (tertiary/aromatic N) is 3. The summed E-state index contributed by atoms with van der Waals surface area (Å²) in [6.45, 7) is 6.02. The van der Waals surface area contributed by atoms with E-state index >= 15 is 0 Å². The third-order valence-corrected chi connectivity index (χ3v) is 6.50. The summed E-state index contributed by atoms with van der Waals surface area (Å²) >= 11 is 1.30. The SMILES string of the molecule is C=CCOc1ccc(C2c3c(oc4ccc(F)cc4c3=O)C(=O)N2c2nnc(CCC)s2)cc1. The van der Waals surface area contributed by atoms with E-state index in [0.29, 0.717) is 23.1 Å². The molecule has 0 saturated heterocycles. The van der Waals surface area contributed by atoms with Crippen LogP contribution in [-0.4, -0.2) is 22.7 Å². The zero-order valence-electron chi connectivity index (χ0n) is 18.3. The fourth-order valence-corrected chi connectivity index (χ4v) is 4.98. The van der Waals surface area contributed by atoms with E-state index in [0.717, 1.165) is 23.9 Å². The Kier molecular flexibility index (Phi) is 5.70. The molecule has 1 aliphatic rings. The zero-order valence-corrected chi connectivity index (χ0v) is 19.1. The van der Waals surface area contributed by atoms with Crippen LogP contribution in [0.2, 0.25) is 0 Å². The molecule has 34 heavy (non-hydrogen) atoms. The van der Waals surface area contributed by atoms with Crippen LogP contribution in [0.3, 0.4) is 0 Å². The van der Waals surface area contributed by atoms with Crippen LogP contribution in [0.15, 0.2) is 64.3 Å². The molecule has 3 heterocycles. The van der Waals surface area contributed by atoms with E-state index in [1.54, 1.807) is 30.3 Å². The third-order valence-electron chi connectivity index (χ3n) is 5.52. The summed E-state index contributed by atoms with van der Waals surface area (Å²) in [6.07, 6.45) is 3.25. The molecule has 4 aromatic rings. The Morgan fingerprint density at radius 3 is 2.74 bits per heavy atom. The minimum Gasteiger partial charge on any atom is -0.490 e. The highest BCUT2D eigenvalue weighted by Crippen LogP contribution is 2.42. The Balaban J connectivity index is 1.69. The van der Waals surface area contributed by atoms with Gasteiger partial charge in [-0.05, 0) is 42.3 Å². The molecule has 0 fully saturated rings. The first-order valence-corrected chi connectivity index (χ1v) is 11.6. The van der Waals surface area contributed by atoms with Gasteiger partial charge in [0.25, 0.3) is 5.91 Å². The molecule has 5 rings (SSSR count). The number of fused-ring (bicyclic) bond motifs is 2. The molecular weight excluding hydrogens is 457 g/mol. The quantitative estimate of drug-likeness (QED) is 0.346. The van der Waals surface area contributed by atoms with E-state index in [1.165, 1.54) is 28.4 Å². The van der Waals surface area contributed by atoms with Crippen molar-refractivity contribution in [1.29, 1.82) is 0 Å². The number of rotatable bonds is 7. The van der Waals surface area contributed by atoms with Crippen LogP contribution in [-0.2, 0) is 6.42 Å². The summed E-state index contributed by atoms with van der Waals surface area (Å²) < 4.78 is 25.3. The second-order valence-electron chi connectivity index (χ2n) is 7.79. The number of hydrogen-bond donors (Lipinski definition) is 0. The molecular formula is C25H20FN3O4S.